The van der Waals surface area contributed by atoms with E-state index in [4.69, 9.17) is 5.11 Å². The smallest absolute Gasteiger partial charge is 0.0985 e. The van der Waals surface area contributed by atoms with Gasteiger partial charge in [0, 0.05) is 24.9 Å². The Morgan fingerprint density at radius 3 is 2.81 bits per heavy atom. The first-order valence-corrected chi connectivity index (χ1v) is 6.17. The van der Waals surface area contributed by atoms with Gasteiger partial charge in [0.2, 0.25) is 0 Å². The molecule has 0 saturated carbocycles. The molecule has 92 valence electrons. The van der Waals surface area contributed by atoms with Gasteiger partial charge >= 0.3 is 0 Å². The molecule has 1 heterocycles. The van der Waals surface area contributed by atoms with Gasteiger partial charge in [-0.1, -0.05) is 0 Å². The van der Waals surface area contributed by atoms with Crippen molar-refractivity contribution in [2.24, 2.45) is 7.05 Å². The third-order valence-electron chi connectivity index (χ3n) is 2.27. The minimum Gasteiger partial charge on any atom is -0.394 e. The van der Waals surface area contributed by atoms with Crippen molar-refractivity contribution in [1.82, 2.24) is 15.1 Å². The van der Waals surface area contributed by atoms with Crippen molar-refractivity contribution < 1.29 is 10.2 Å². The Morgan fingerprint density at radius 2 is 2.25 bits per heavy atom. The van der Waals surface area contributed by atoms with E-state index in [0.717, 1.165) is 22.8 Å². The molecule has 1 rings (SSSR count). The van der Waals surface area contributed by atoms with Gasteiger partial charge in [0.1, 0.15) is 0 Å². The van der Waals surface area contributed by atoms with Crippen LogP contribution < -0.4 is 5.32 Å². The van der Waals surface area contributed by atoms with Crippen LogP contribution in [0.5, 0.6) is 0 Å². The van der Waals surface area contributed by atoms with E-state index in [1.165, 1.54) is 11.8 Å². The summed E-state index contributed by atoms with van der Waals surface area (Å²) >= 11 is 1.52. The first-order valence-electron chi connectivity index (χ1n) is 5.19. The van der Waals surface area contributed by atoms with Crippen molar-refractivity contribution >= 4 is 11.8 Å². The van der Waals surface area contributed by atoms with Gasteiger partial charge in [-0.15, -0.1) is 11.8 Å². The molecule has 0 bridgehead atoms. The average molecular weight is 245 g/mol. The fourth-order valence-electron chi connectivity index (χ4n) is 1.47. The van der Waals surface area contributed by atoms with Crippen molar-refractivity contribution in [3.05, 3.63) is 11.3 Å². The number of aliphatic hydroxyl groups excluding tert-OH is 2. The lowest BCUT2D eigenvalue weighted by Crippen LogP contribution is -2.15. The van der Waals surface area contributed by atoms with E-state index in [1.807, 2.05) is 25.7 Å². The second-order valence-corrected chi connectivity index (χ2v) is 4.68. The fourth-order valence-corrected chi connectivity index (χ4v) is 2.55. The number of aromatic nitrogens is 2. The van der Waals surface area contributed by atoms with E-state index in [-0.39, 0.29) is 6.61 Å². The number of aryl methyl sites for hydroxylation is 2. The summed E-state index contributed by atoms with van der Waals surface area (Å²) in [4.78, 5) is 0. The second-order valence-electron chi connectivity index (χ2n) is 3.67. The zero-order chi connectivity index (χ0) is 12.1. The Bertz CT molecular complexity index is 341. The van der Waals surface area contributed by atoms with Crippen LogP contribution in [0, 0.1) is 6.92 Å². The van der Waals surface area contributed by atoms with Crippen molar-refractivity contribution in [2.75, 3.05) is 19.4 Å². The Labute approximate surface area is 99.9 Å². The van der Waals surface area contributed by atoms with Gasteiger partial charge in [0.05, 0.1) is 23.4 Å². The van der Waals surface area contributed by atoms with Gasteiger partial charge in [0.15, 0.2) is 0 Å². The van der Waals surface area contributed by atoms with Crippen LogP contribution in [0.4, 0.5) is 0 Å². The second kappa shape index (κ2) is 6.24. The molecule has 0 spiro atoms. The maximum absolute atomic E-state index is 9.32. The lowest BCUT2D eigenvalue weighted by Gasteiger charge is -2.08. The maximum atomic E-state index is 9.32. The highest BCUT2D eigenvalue weighted by molar-refractivity contribution is 7.99. The molecule has 3 N–H and O–H groups in total. The quantitative estimate of drug-likeness (QED) is 0.610. The predicted molar refractivity (Wildman–Crippen MR) is 64.5 cm³/mol. The number of thioether (sulfide) groups is 1. The van der Waals surface area contributed by atoms with E-state index in [9.17, 15) is 5.11 Å². The first kappa shape index (κ1) is 13.5. The normalized spacial score (nSPS) is 13.1. The molecule has 6 heteroatoms. The van der Waals surface area contributed by atoms with Gasteiger partial charge in [0.25, 0.3) is 0 Å². The highest BCUT2D eigenvalue weighted by atomic mass is 32.2. The molecule has 1 atom stereocenters. The molecular formula is C10H19N3O2S. The minimum absolute atomic E-state index is 0.203. The molecule has 0 aliphatic carbocycles. The minimum atomic E-state index is -0.678. The third-order valence-corrected chi connectivity index (χ3v) is 3.60. The van der Waals surface area contributed by atoms with Crippen LogP contribution in [-0.2, 0) is 13.6 Å². The lowest BCUT2D eigenvalue weighted by molar-refractivity contribution is 0.113. The summed E-state index contributed by atoms with van der Waals surface area (Å²) in [6.45, 7) is 2.53. The van der Waals surface area contributed by atoms with Gasteiger partial charge < -0.3 is 15.5 Å². The van der Waals surface area contributed by atoms with Gasteiger partial charge in [-0.25, -0.2) is 0 Å². The summed E-state index contributed by atoms with van der Waals surface area (Å²) < 4.78 is 1.82. The summed E-state index contributed by atoms with van der Waals surface area (Å²) in [5.74, 6) is 0.478. The summed E-state index contributed by atoms with van der Waals surface area (Å²) in [6, 6.07) is 0. The van der Waals surface area contributed by atoms with Crippen LogP contribution in [0.1, 0.15) is 11.3 Å². The van der Waals surface area contributed by atoms with E-state index >= 15 is 0 Å². The number of rotatable bonds is 6. The number of aliphatic hydroxyl groups is 2. The SMILES string of the molecule is CNCc1c(C)nn(C)c1SCC(O)CO. The molecule has 0 radical (unpaired) electrons. The zero-order valence-corrected chi connectivity index (χ0v) is 10.7. The summed E-state index contributed by atoms with van der Waals surface area (Å²) in [5.41, 5.74) is 2.15. The number of hydrogen-bond acceptors (Lipinski definition) is 5. The highest BCUT2D eigenvalue weighted by Crippen LogP contribution is 2.25. The van der Waals surface area contributed by atoms with E-state index < -0.39 is 6.10 Å². The molecule has 5 nitrogen and oxygen atoms in total. The van der Waals surface area contributed by atoms with Crippen LogP contribution in [0.2, 0.25) is 0 Å². The maximum Gasteiger partial charge on any atom is 0.0985 e. The van der Waals surface area contributed by atoms with Crippen molar-refractivity contribution in [3.8, 4) is 0 Å². The molecule has 0 amide bonds. The summed E-state index contributed by atoms with van der Waals surface area (Å²) in [7, 11) is 3.78. The first-order chi connectivity index (χ1) is 7.60. The number of nitrogens with zero attached hydrogens (tertiary/aromatic N) is 2. The van der Waals surface area contributed by atoms with Crippen LogP contribution in [-0.4, -0.2) is 45.5 Å². The molecule has 16 heavy (non-hydrogen) atoms. The van der Waals surface area contributed by atoms with Crippen LogP contribution in [0.3, 0.4) is 0 Å². The lowest BCUT2D eigenvalue weighted by atomic mass is 10.3. The zero-order valence-electron chi connectivity index (χ0n) is 9.90. The molecule has 1 aromatic rings. The van der Waals surface area contributed by atoms with E-state index in [1.54, 1.807) is 0 Å². The third kappa shape index (κ3) is 3.21. The molecule has 1 unspecified atom stereocenters. The molecule has 0 aliphatic heterocycles. The van der Waals surface area contributed by atoms with Crippen molar-refractivity contribution in [3.63, 3.8) is 0 Å². The largest absolute Gasteiger partial charge is 0.394 e. The van der Waals surface area contributed by atoms with Gasteiger partial charge in [-0.2, -0.15) is 5.10 Å². The van der Waals surface area contributed by atoms with Crippen molar-refractivity contribution in [1.29, 1.82) is 0 Å². The molecule has 0 fully saturated rings. The molecule has 0 aliphatic rings. The van der Waals surface area contributed by atoms with Crippen LogP contribution >= 0.6 is 11.8 Å². The van der Waals surface area contributed by atoms with Gasteiger partial charge in [-0.05, 0) is 14.0 Å². The molecule has 0 aromatic carbocycles. The Balaban J connectivity index is 2.77. The van der Waals surface area contributed by atoms with Crippen LogP contribution in [0.15, 0.2) is 5.03 Å². The monoisotopic (exact) mass is 245 g/mol. The summed E-state index contributed by atoms with van der Waals surface area (Å²) in [5, 5.41) is 26.6. The van der Waals surface area contributed by atoms with E-state index in [2.05, 4.69) is 10.4 Å². The number of hydrogen-bond donors (Lipinski definition) is 3. The van der Waals surface area contributed by atoms with Crippen molar-refractivity contribution in [2.45, 2.75) is 24.6 Å². The predicted octanol–water partition coefficient (Wildman–Crippen LogP) is -0.107. The Hall–Kier alpha value is -0.560. The van der Waals surface area contributed by atoms with E-state index in [0.29, 0.717) is 5.75 Å². The number of nitrogens with one attached hydrogen (secondary N) is 1. The van der Waals surface area contributed by atoms with Crippen LogP contribution in [0.25, 0.3) is 0 Å². The standard InChI is InChI=1S/C10H19N3O2S/c1-7-9(4-11-2)10(13(3)12-7)16-6-8(15)5-14/h8,11,14-15H,4-6H2,1-3H3. The highest BCUT2D eigenvalue weighted by Gasteiger charge is 2.14. The summed E-state index contributed by atoms with van der Waals surface area (Å²) in [6.07, 6.45) is -0.678. The average Bonchev–Trinajstić information content (AvgIpc) is 2.52. The fraction of sp³-hybridized carbons (Fsp3) is 0.700. The molecule has 1 aromatic heterocycles. The molecule has 0 saturated heterocycles. The molecular weight excluding hydrogens is 226 g/mol. The van der Waals surface area contributed by atoms with Gasteiger partial charge in [-0.3, -0.25) is 4.68 Å². The topological polar surface area (TPSA) is 70.3 Å². The Kier molecular flexibility index (Phi) is 5.27. The Morgan fingerprint density at radius 1 is 1.56 bits per heavy atom.